The van der Waals surface area contributed by atoms with E-state index in [9.17, 15) is 5.11 Å². The number of aromatic hydroxyl groups is 1. The van der Waals surface area contributed by atoms with Crippen LogP contribution in [0.1, 0.15) is 81.4 Å². The molecule has 0 aromatic heterocycles. The number of fused-ring (bicyclic) bond motifs is 27. The van der Waals surface area contributed by atoms with Gasteiger partial charge in [-0.05, 0) is 224 Å². The van der Waals surface area contributed by atoms with Gasteiger partial charge in [-0.2, -0.15) is 0 Å². The number of rotatable bonds is 9. The molecule has 0 heterocycles. The maximum atomic E-state index is 11.0. The third kappa shape index (κ3) is 4.50. The van der Waals surface area contributed by atoms with Crippen LogP contribution < -0.4 is 4.74 Å². The number of para-hydroxylation sites is 1. The van der Waals surface area contributed by atoms with Gasteiger partial charge in [0.2, 0.25) is 0 Å². The van der Waals surface area contributed by atoms with Gasteiger partial charge in [-0.3, -0.25) is 0 Å². The van der Waals surface area contributed by atoms with Gasteiger partial charge in [0, 0.05) is 5.56 Å². The van der Waals surface area contributed by atoms with E-state index in [0.29, 0.717) is 35.3 Å². The molecule has 2 heteroatoms. The molecular weight excluding hydrogens is 693 g/mol. The van der Waals surface area contributed by atoms with Gasteiger partial charge < -0.3 is 9.84 Å². The van der Waals surface area contributed by atoms with E-state index in [-0.39, 0.29) is 5.41 Å². The van der Waals surface area contributed by atoms with E-state index in [2.05, 4.69) is 91.9 Å². The van der Waals surface area contributed by atoms with Gasteiger partial charge in [0.1, 0.15) is 11.5 Å². The van der Waals surface area contributed by atoms with Crippen molar-refractivity contribution < 1.29 is 9.84 Å². The fraction of sp³-hybridized carbons (Fsp3) is 0.600. The second-order valence-electron chi connectivity index (χ2n) is 22.4. The van der Waals surface area contributed by atoms with Crippen molar-refractivity contribution in [2.75, 3.05) is 6.61 Å². The summed E-state index contributed by atoms with van der Waals surface area (Å²) in [6.45, 7) is 3.04. The highest BCUT2D eigenvalue weighted by Gasteiger charge is 2.69. The molecule has 21 atom stereocenters. The molecule has 0 radical (unpaired) electrons. The Kier molecular flexibility index (Phi) is 7.03. The number of allylic oxidation sites excluding steroid dienone is 9. The van der Waals surface area contributed by atoms with Crippen LogP contribution in [0.2, 0.25) is 0 Å². The SMILES string of the molecule is C/C=C/c1ccc(C23CC(Cc4ccccc4O)C(C2)C2C4CC(C=C4/C=C/C4CC5CC4C4C6C=CC(C6)C54)C23)cc1OCC1CC2CC1C1C3C=CC(C3)C21. The number of hydrogen-bond donors (Lipinski definition) is 1. The highest BCUT2D eigenvalue weighted by atomic mass is 16.5. The summed E-state index contributed by atoms with van der Waals surface area (Å²) in [5, 5.41) is 11.0. The predicted molar refractivity (Wildman–Crippen MR) is 227 cm³/mol. The number of phenols is 1. The van der Waals surface area contributed by atoms with Gasteiger partial charge in [-0.25, -0.2) is 0 Å². The molecule has 12 aliphatic carbocycles. The average molecular weight is 755 g/mol. The van der Waals surface area contributed by atoms with Gasteiger partial charge in [-0.1, -0.05) is 85.0 Å². The molecule has 12 aliphatic rings. The quantitative estimate of drug-likeness (QED) is 0.204. The van der Waals surface area contributed by atoms with E-state index >= 15 is 0 Å². The maximum Gasteiger partial charge on any atom is 0.126 e. The minimum absolute atomic E-state index is 0.187. The average Bonchev–Trinajstić information content (AvgIpc) is 4.06. The van der Waals surface area contributed by atoms with Crippen molar-refractivity contribution in [2.24, 2.45) is 118 Å². The van der Waals surface area contributed by atoms with Crippen molar-refractivity contribution in [1.29, 1.82) is 0 Å². The molecule has 2 aromatic rings. The first kappa shape index (κ1) is 33.6. The van der Waals surface area contributed by atoms with Crippen LogP contribution in [0, 0.1) is 118 Å². The van der Waals surface area contributed by atoms with Crippen molar-refractivity contribution in [1.82, 2.24) is 0 Å². The molecule has 1 N–H and O–H groups in total. The lowest BCUT2D eigenvalue weighted by Crippen LogP contribution is -2.41. The number of phenolic OH excluding ortho intramolecular Hbond substituents is 1. The van der Waals surface area contributed by atoms with E-state index in [1.165, 1.54) is 63.4 Å². The van der Waals surface area contributed by atoms with E-state index in [4.69, 9.17) is 4.74 Å². The molecule has 2 nitrogen and oxygen atoms in total. The largest absolute Gasteiger partial charge is 0.508 e. The predicted octanol–water partition coefficient (Wildman–Crippen LogP) is 11.9. The summed E-state index contributed by atoms with van der Waals surface area (Å²) >= 11 is 0. The van der Waals surface area contributed by atoms with E-state index < -0.39 is 0 Å². The Morgan fingerprint density at radius 1 is 0.702 bits per heavy atom. The van der Waals surface area contributed by atoms with Crippen LogP contribution in [-0.2, 0) is 11.8 Å². The van der Waals surface area contributed by atoms with Crippen LogP contribution in [0.4, 0.5) is 0 Å². The highest BCUT2D eigenvalue weighted by molar-refractivity contribution is 5.59. The maximum absolute atomic E-state index is 11.0. The number of hydrogen-bond acceptors (Lipinski definition) is 2. The first-order chi connectivity index (χ1) is 28.0. The van der Waals surface area contributed by atoms with Crippen LogP contribution >= 0.6 is 0 Å². The Balaban J connectivity index is 0.767. The van der Waals surface area contributed by atoms with Crippen molar-refractivity contribution in [2.45, 2.75) is 76.5 Å². The van der Waals surface area contributed by atoms with Crippen molar-refractivity contribution in [3.63, 3.8) is 0 Å². The molecule has 0 spiro atoms. The zero-order valence-electron chi connectivity index (χ0n) is 33.9. The molecule has 57 heavy (non-hydrogen) atoms. The Morgan fingerprint density at radius 3 is 2.26 bits per heavy atom. The monoisotopic (exact) mass is 754 g/mol. The lowest BCUT2D eigenvalue weighted by Gasteiger charge is -2.45. The number of ether oxygens (including phenoxy) is 1. The van der Waals surface area contributed by atoms with Gasteiger partial charge in [0.15, 0.2) is 0 Å². The minimum atomic E-state index is 0.187. The summed E-state index contributed by atoms with van der Waals surface area (Å²) in [7, 11) is 0. The first-order valence-electron chi connectivity index (χ1n) is 24.0. The Morgan fingerprint density at radius 2 is 1.46 bits per heavy atom. The lowest BCUT2D eigenvalue weighted by molar-refractivity contribution is 0.108. The van der Waals surface area contributed by atoms with Crippen molar-refractivity contribution in [3.05, 3.63) is 113 Å². The highest BCUT2D eigenvalue weighted by Crippen LogP contribution is 2.75. The Hall–Kier alpha value is -3.26. The van der Waals surface area contributed by atoms with Crippen LogP contribution in [0.3, 0.4) is 0 Å². The van der Waals surface area contributed by atoms with Crippen molar-refractivity contribution >= 4 is 6.08 Å². The van der Waals surface area contributed by atoms with E-state index in [0.717, 1.165) is 113 Å². The lowest BCUT2D eigenvalue weighted by atomic mass is 9.59. The summed E-state index contributed by atoms with van der Waals surface area (Å²) in [6.07, 6.45) is 36.7. The zero-order valence-corrected chi connectivity index (χ0v) is 33.9. The molecule has 0 saturated heterocycles. The van der Waals surface area contributed by atoms with Crippen LogP contribution in [0.15, 0.2) is 96.6 Å². The molecule has 0 amide bonds. The Bertz CT molecular complexity index is 2170. The van der Waals surface area contributed by atoms with E-state index in [1.54, 1.807) is 11.1 Å². The molecule has 9 fully saturated rings. The van der Waals surface area contributed by atoms with Crippen LogP contribution in [0.25, 0.3) is 6.08 Å². The molecule has 0 aliphatic heterocycles. The fourth-order valence-electron chi connectivity index (χ4n) is 19.5. The topological polar surface area (TPSA) is 29.5 Å². The minimum Gasteiger partial charge on any atom is -0.508 e. The molecular formula is C55H62O2. The fourth-order valence-corrected chi connectivity index (χ4v) is 19.5. The summed E-state index contributed by atoms with van der Waals surface area (Å²) in [5.41, 5.74) is 5.85. The van der Waals surface area contributed by atoms with Gasteiger partial charge in [-0.15, -0.1) is 0 Å². The molecule has 14 rings (SSSR count). The molecule has 9 saturated carbocycles. The summed E-state index contributed by atoms with van der Waals surface area (Å²) in [6, 6.07) is 15.7. The summed E-state index contributed by atoms with van der Waals surface area (Å²) in [5.74, 6) is 18.5. The first-order valence-corrected chi connectivity index (χ1v) is 24.0. The van der Waals surface area contributed by atoms with Gasteiger partial charge in [0.25, 0.3) is 0 Å². The zero-order chi connectivity index (χ0) is 37.3. The third-order valence-corrected chi connectivity index (χ3v) is 20.8. The molecule has 294 valence electrons. The summed E-state index contributed by atoms with van der Waals surface area (Å²) in [4.78, 5) is 0. The van der Waals surface area contributed by atoms with Crippen LogP contribution in [0.5, 0.6) is 11.5 Å². The van der Waals surface area contributed by atoms with Gasteiger partial charge in [0.05, 0.1) is 6.61 Å². The Labute approximate surface area is 341 Å². The molecule has 21 unspecified atom stereocenters. The molecule has 2 aromatic carbocycles. The van der Waals surface area contributed by atoms with E-state index in [1.807, 2.05) is 12.1 Å². The smallest absolute Gasteiger partial charge is 0.126 e. The summed E-state index contributed by atoms with van der Waals surface area (Å²) < 4.78 is 7.10. The third-order valence-electron chi connectivity index (χ3n) is 20.8. The van der Waals surface area contributed by atoms with Crippen LogP contribution in [-0.4, -0.2) is 11.7 Å². The molecule has 12 bridgehead atoms. The normalized spacial score (nSPS) is 51.4. The van der Waals surface area contributed by atoms with Gasteiger partial charge >= 0.3 is 0 Å². The van der Waals surface area contributed by atoms with Crippen molar-refractivity contribution in [3.8, 4) is 11.5 Å². The second kappa shape index (κ2) is 11.9. The standard InChI is InChI=1S/C55H62O2/c1-2-5-29-14-15-42(25-48(29)57-28-41-21-38-23-45(41)52-36-13-11-34(20-36)50(38)52)55-26-40(18-32-6-3-4-7-47(32)56)46(27-55)53-44-24-39(54(53)55)17-31(44)9-8-30-16-37-22-43(30)51-35-12-10-33(19-35)49(37)51/h2-15,17,25,30,33-41,43-46,49-54,56H,16,18-24,26-28H2,1H3/b5-2+,9-8+. The number of benzene rings is 2. The second-order valence-corrected chi connectivity index (χ2v) is 22.4.